The second-order valence-corrected chi connectivity index (χ2v) is 13.3. The molecule has 0 spiro atoms. The first-order chi connectivity index (χ1) is 25.7. The van der Waals surface area contributed by atoms with Crippen LogP contribution in [-0.2, 0) is 0 Å². The molecule has 5 heterocycles. The van der Waals surface area contributed by atoms with Crippen molar-refractivity contribution in [3.8, 4) is 28.3 Å². The van der Waals surface area contributed by atoms with E-state index in [9.17, 15) is 0 Å². The first-order valence-electron chi connectivity index (χ1n) is 17.6. The van der Waals surface area contributed by atoms with Crippen LogP contribution in [-0.4, -0.2) is 18.9 Å². The Morgan fingerprint density at radius 1 is 0.635 bits per heavy atom. The molecule has 244 valence electrons. The molecule has 0 bridgehead atoms. The van der Waals surface area contributed by atoms with Gasteiger partial charge in [-0.15, -0.1) is 0 Å². The number of rotatable bonds is 5. The molecule has 0 aliphatic rings. The van der Waals surface area contributed by atoms with Crippen LogP contribution < -0.4 is 0 Å². The first-order valence-corrected chi connectivity index (χ1v) is 17.6. The smallest absolute Gasteiger partial charge is 0.180 e. The molecule has 0 unspecified atom stereocenters. The van der Waals surface area contributed by atoms with Crippen LogP contribution >= 0.6 is 0 Å². The zero-order valence-corrected chi connectivity index (χ0v) is 28.3. The lowest BCUT2D eigenvalue weighted by Gasteiger charge is -2.11. The Bertz CT molecular complexity index is 3250. The maximum absolute atomic E-state index is 6.44. The Labute approximate surface area is 298 Å². The maximum Gasteiger partial charge on any atom is 0.180 e. The maximum atomic E-state index is 6.44. The summed E-state index contributed by atoms with van der Waals surface area (Å²) in [6, 6.07) is 46.8. The molecule has 0 aliphatic carbocycles. The summed E-state index contributed by atoms with van der Waals surface area (Å²) in [6.45, 7) is 6.33. The Hall–Kier alpha value is -6.98. The van der Waals surface area contributed by atoms with E-state index < -0.39 is 0 Å². The summed E-state index contributed by atoms with van der Waals surface area (Å²) in [5.41, 5.74) is 13.1. The summed E-state index contributed by atoms with van der Waals surface area (Å²) in [5, 5.41) is 7.19. The fourth-order valence-electron chi connectivity index (χ4n) is 8.42. The Kier molecular flexibility index (Phi) is 5.96. The minimum Gasteiger partial charge on any atom is -0.452 e. The minimum atomic E-state index is 0.672. The Morgan fingerprint density at radius 2 is 1.33 bits per heavy atom. The third kappa shape index (κ3) is 3.82. The quantitative estimate of drug-likeness (QED) is 0.184. The number of hydrogen-bond donors (Lipinski definition) is 0. The average Bonchev–Trinajstić information content (AvgIpc) is 3.93. The normalized spacial score (nSPS) is 12.3. The lowest BCUT2D eigenvalue weighted by atomic mass is 10.0. The van der Waals surface area contributed by atoms with Crippen LogP contribution in [0.15, 0.2) is 151 Å². The predicted octanol–water partition coefficient (Wildman–Crippen LogP) is 12.5. The number of allylic oxidation sites excluding steroid dienone is 1. The lowest BCUT2D eigenvalue weighted by Crippen LogP contribution is -1.96. The van der Waals surface area contributed by atoms with Gasteiger partial charge in [-0.2, -0.15) is 0 Å². The fourth-order valence-corrected chi connectivity index (χ4v) is 8.42. The number of benzene rings is 6. The van der Waals surface area contributed by atoms with Gasteiger partial charge in [-0.25, -0.2) is 9.97 Å². The van der Waals surface area contributed by atoms with Gasteiger partial charge in [0.1, 0.15) is 16.8 Å². The molecule has 5 nitrogen and oxygen atoms in total. The third-order valence-corrected chi connectivity index (χ3v) is 10.6. The molecule has 0 N–H and O–H groups in total. The van der Waals surface area contributed by atoms with Crippen molar-refractivity contribution in [2.75, 3.05) is 0 Å². The highest BCUT2D eigenvalue weighted by molar-refractivity contribution is 6.33. The third-order valence-electron chi connectivity index (χ3n) is 10.6. The van der Waals surface area contributed by atoms with Gasteiger partial charge < -0.3 is 13.4 Å². The van der Waals surface area contributed by atoms with Crippen LogP contribution in [0.1, 0.15) is 18.2 Å². The van der Waals surface area contributed by atoms with Crippen molar-refractivity contribution < 1.29 is 4.42 Å². The second kappa shape index (κ2) is 10.8. The number of para-hydroxylation sites is 3. The van der Waals surface area contributed by atoms with Crippen LogP contribution in [0.5, 0.6) is 0 Å². The molecule has 0 fully saturated rings. The second-order valence-electron chi connectivity index (χ2n) is 13.3. The van der Waals surface area contributed by atoms with Gasteiger partial charge >= 0.3 is 0 Å². The zero-order chi connectivity index (χ0) is 34.5. The molecule has 0 saturated heterocycles. The van der Waals surface area contributed by atoms with E-state index in [-0.39, 0.29) is 0 Å². The highest BCUT2D eigenvalue weighted by atomic mass is 16.3. The van der Waals surface area contributed by atoms with Gasteiger partial charge in [0.25, 0.3) is 0 Å². The largest absolute Gasteiger partial charge is 0.452 e. The van der Waals surface area contributed by atoms with Gasteiger partial charge in [-0.3, -0.25) is 0 Å². The molecule has 52 heavy (non-hydrogen) atoms. The standard InChI is InChI=1S/C47H30N4O/c1-3-14-31-35-27-39-41(42-33-18-9-12-21-38(33)51(45(35)42)36(31)4-2)32-17-8-11-20-37(32)50(39)30-25-23-28(24-26-30)43-46-44(34-19-10-13-22-40(34)52-46)49-47(48-43)29-15-6-5-7-16-29/h3-27H,2H2,1H3/b14-3-. The topological polar surface area (TPSA) is 48.3 Å². The Morgan fingerprint density at radius 3 is 2.10 bits per heavy atom. The molecule has 0 amide bonds. The Balaban J connectivity index is 1.19. The average molecular weight is 667 g/mol. The summed E-state index contributed by atoms with van der Waals surface area (Å²) in [6.07, 6.45) is 6.32. The van der Waals surface area contributed by atoms with E-state index in [0.717, 1.165) is 50.2 Å². The molecule has 6 aromatic carbocycles. The van der Waals surface area contributed by atoms with Gasteiger partial charge in [-0.1, -0.05) is 110 Å². The van der Waals surface area contributed by atoms with E-state index >= 15 is 0 Å². The van der Waals surface area contributed by atoms with E-state index in [4.69, 9.17) is 14.4 Å². The zero-order valence-electron chi connectivity index (χ0n) is 28.3. The number of furan rings is 1. The fraction of sp³-hybridized carbons (Fsp3) is 0.0213. The molecule has 11 rings (SSSR count). The number of aromatic nitrogens is 4. The highest BCUT2D eigenvalue weighted by Crippen LogP contribution is 2.46. The van der Waals surface area contributed by atoms with Crippen LogP contribution in [0, 0.1) is 0 Å². The van der Waals surface area contributed by atoms with Crippen molar-refractivity contribution >= 4 is 83.2 Å². The summed E-state index contributed by atoms with van der Waals surface area (Å²) in [7, 11) is 0. The van der Waals surface area contributed by atoms with Gasteiger partial charge in [-0.05, 0) is 55.5 Å². The summed E-state index contributed by atoms with van der Waals surface area (Å²) >= 11 is 0. The molecular weight excluding hydrogens is 637 g/mol. The van der Waals surface area contributed by atoms with Gasteiger partial charge in [0.15, 0.2) is 11.4 Å². The van der Waals surface area contributed by atoms with Crippen LogP contribution in [0.4, 0.5) is 0 Å². The first kappa shape index (κ1) is 28.8. The molecule has 5 aromatic heterocycles. The summed E-state index contributed by atoms with van der Waals surface area (Å²) in [5.74, 6) is 0.672. The van der Waals surface area contributed by atoms with E-state index in [0.29, 0.717) is 11.4 Å². The van der Waals surface area contributed by atoms with Crippen molar-refractivity contribution in [1.82, 2.24) is 18.9 Å². The van der Waals surface area contributed by atoms with Crippen LogP contribution in [0.2, 0.25) is 0 Å². The molecule has 0 saturated carbocycles. The van der Waals surface area contributed by atoms with Crippen molar-refractivity contribution in [3.63, 3.8) is 0 Å². The molecule has 0 atom stereocenters. The van der Waals surface area contributed by atoms with Gasteiger partial charge in [0.2, 0.25) is 0 Å². The lowest BCUT2D eigenvalue weighted by molar-refractivity contribution is 0.667. The molecule has 11 aromatic rings. The van der Waals surface area contributed by atoms with Crippen LogP contribution in [0.25, 0.3) is 112 Å². The predicted molar refractivity (Wildman–Crippen MR) is 216 cm³/mol. The van der Waals surface area contributed by atoms with Crippen molar-refractivity contribution in [2.24, 2.45) is 0 Å². The highest BCUT2D eigenvalue weighted by Gasteiger charge is 2.25. The SMILES string of the molecule is C=Cc1c(/C=C\C)c2cc3c(c4ccccc4n3-c3ccc(-c4nc(-c5ccccc5)nc5c4oc4ccccc45)cc3)c3c4ccccc4n1c23. The van der Waals surface area contributed by atoms with Crippen LogP contribution in [0.3, 0.4) is 0 Å². The van der Waals surface area contributed by atoms with E-state index in [1.54, 1.807) is 0 Å². The summed E-state index contributed by atoms with van der Waals surface area (Å²) < 4.78 is 11.2. The number of fused-ring (bicyclic) bond motifs is 10. The van der Waals surface area contributed by atoms with Gasteiger partial charge in [0.05, 0.1) is 27.8 Å². The molecule has 5 heteroatoms. The van der Waals surface area contributed by atoms with Crippen molar-refractivity contribution in [3.05, 3.63) is 157 Å². The van der Waals surface area contributed by atoms with E-state index in [1.807, 2.05) is 54.6 Å². The molecule has 0 aliphatic heterocycles. The van der Waals surface area contributed by atoms with Gasteiger partial charge in [0, 0.05) is 54.7 Å². The number of hydrogen-bond acceptors (Lipinski definition) is 3. The van der Waals surface area contributed by atoms with Crippen molar-refractivity contribution in [1.29, 1.82) is 0 Å². The van der Waals surface area contributed by atoms with E-state index in [1.165, 1.54) is 49.0 Å². The van der Waals surface area contributed by atoms with Crippen molar-refractivity contribution in [2.45, 2.75) is 6.92 Å². The monoisotopic (exact) mass is 666 g/mol. The minimum absolute atomic E-state index is 0.672. The molecule has 0 radical (unpaired) electrons. The number of nitrogens with zero attached hydrogens (tertiary/aromatic N) is 4. The molecular formula is C47H30N4O. The summed E-state index contributed by atoms with van der Waals surface area (Å²) in [4.78, 5) is 10.1. The van der Waals surface area contributed by atoms with E-state index in [2.05, 4.69) is 120 Å².